The number of hydrogen-bond acceptors (Lipinski definition) is 8. The lowest BCUT2D eigenvalue weighted by molar-refractivity contribution is -0.140. The van der Waals surface area contributed by atoms with Crippen molar-refractivity contribution in [3.05, 3.63) is 71.8 Å². The summed E-state index contributed by atoms with van der Waals surface area (Å²) in [6, 6.07) is 17.3. The van der Waals surface area contributed by atoms with Crippen LogP contribution < -0.4 is 16.8 Å². The van der Waals surface area contributed by atoms with Crippen LogP contribution in [0.4, 0.5) is 0 Å². The predicted molar refractivity (Wildman–Crippen MR) is 200 cm³/mol. The number of nitrogens with one attached hydrogen (secondary N) is 1. The lowest BCUT2D eigenvalue weighted by Crippen LogP contribution is -2.54. The van der Waals surface area contributed by atoms with E-state index in [1.165, 1.54) is 18.4 Å². The first-order valence-corrected chi connectivity index (χ1v) is 19.5. The van der Waals surface area contributed by atoms with Gasteiger partial charge in [0.1, 0.15) is 0 Å². The Morgan fingerprint density at radius 1 is 0.804 bits per heavy atom. The Kier molecular flexibility index (Phi) is 16.9. The molecule has 0 aliphatic carbocycles. The summed E-state index contributed by atoms with van der Waals surface area (Å²) in [6.07, 6.45) is 2.68. The number of nitrogens with zero attached hydrogens (tertiary/aromatic N) is 3. The van der Waals surface area contributed by atoms with Crippen molar-refractivity contribution >= 4 is 33.6 Å². The van der Waals surface area contributed by atoms with E-state index in [1.54, 1.807) is 4.90 Å². The van der Waals surface area contributed by atoms with Crippen molar-refractivity contribution in [2.45, 2.75) is 77.3 Å². The number of unbranched alkanes of at least 4 members (excludes halogenated alkanes) is 1. The van der Waals surface area contributed by atoms with E-state index in [1.807, 2.05) is 74.5 Å². The number of amides is 2. The van der Waals surface area contributed by atoms with Crippen LogP contribution in [-0.2, 0) is 42.2 Å². The molecule has 1 aliphatic heterocycles. The molecule has 1 aliphatic rings. The van der Waals surface area contributed by atoms with Gasteiger partial charge >= 0.3 is 0 Å². The Bertz CT molecular complexity index is 1510. The van der Waals surface area contributed by atoms with Crippen molar-refractivity contribution in [3.63, 3.8) is 0 Å². The summed E-state index contributed by atoms with van der Waals surface area (Å²) in [5, 5.41) is 2.98. The summed E-state index contributed by atoms with van der Waals surface area (Å²) in [6.45, 7) is 5.16. The molecule has 51 heavy (non-hydrogen) atoms. The summed E-state index contributed by atoms with van der Waals surface area (Å²) >= 11 is 0. The van der Waals surface area contributed by atoms with Crippen LogP contribution in [0.1, 0.15) is 63.5 Å². The van der Waals surface area contributed by atoms with Gasteiger partial charge in [0.15, 0.2) is 11.6 Å². The van der Waals surface area contributed by atoms with Gasteiger partial charge in [0, 0.05) is 65.0 Å². The molecule has 2 amide bonds. The Labute approximate surface area is 304 Å². The van der Waals surface area contributed by atoms with Gasteiger partial charge in [0.05, 0.1) is 12.1 Å². The zero-order valence-electron chi connectivity index (χ0n) is 30.7. The number of carbonyl (C=O) groups is 4. The fourth-order valence-corrected chi connectivity index (χ4v) is 7.51. The van der Waals surface area contributed by atoms with E-state index in [4.69, 9.17) is 11.5 Å². The fraction of sp³-hybridized carbons (Fsp3) is 0.579. The molecule has 2 aromatic rings. The highest BCUT2D eigenvalue weighted by atomic mass is 32.2. The molecular formula is C38H58N6O6S. The van der Waals surface area contributed by atoms with Crippen LogP contribution in [0, 0.1) is 17.8 Å². The van der Waals surface area contributed by atoms with Crippen LogP contribution in [0.2, 0.25) is 0 Å². The molecule has 2 aromatic carbocycles. The summed E-state index contributed by atoms with van der Waals surface area (Å²) in [7, 11) is -0.656. The molecule has 1 saturated heterocycles. The second-order valence-corrected chi connectivity index (χ2v) is 16.4. The first kappa shape index (κ1) is 41.9. The average molecular weight is 727 g/mol. The smallest absolute Gasteiger partial charge is 0.281 e. The van der Waals surface area contributed by atoms with Gasteiger partial charge in [-0.25, -0.2) is 0 Å². The van der Waals surface area contributed by atoms with Crippen LogP contribution in [0.3, 0.4) is 0 Å². The van der Waals surface area contributed by atoms with E-state index in [-0.39, 0.29) is 62.4 Å². The lowest BCUT2D eigenvalue weighted by atomic mass is 9.87. The molecule has 12 nitrogen and oxygen atoms in total. The van der Waals surface area contributed by atoms with Crippen LogP contribution >= 0.6 is 0 Å². The summed E-state index contributed by atoms with van der Waals surface area (Å²) in [5.41, 5.74) is 13.9. The third kappa shape index (κ3) is 13.2. The van der Waals surface area contributed by atoms with Crippen LogP contribution in [0.25, 0.3) is 0 Å². The minimum Gasteiger partial charge on any atom is -0.346 e. The first-order chi connectivity index (χ1) is 24.2. The minimum absolute atomic E-state index is 0.0610. The predicted octanol–water partition coefficient (Wildman–Crippen LogP) is 2.56. The minimum atomic E-state index is -3.60. The number of piperazine rings is 1. The molecule has 0 radical (unpaired) electrons. The third-order valence-corrected chi connectivity index (χ3v) is 11.3. The number of rotatable bonds is 21. The Hall–Kier alpha value is -3.49. The van der Waals surface area contributed by atoms with Crippen LogP contribution in [0.5, 0.6) is 0 Å². The molecule has 1 heterocycles. The van der Waals surface area contributed by atoms with Gasteiger partial charge in [0.25, 0.3) is 10.2 Å². The van der Waals surface area contributed by atoms with E-state index in [9.17, 15) is 27.6 Å². The molecule has 0 saturated carbocycles. The molecule has 0 aromatic heterocycles. The van der Waals surface area contributed by atoms with E-state index in [0.717, 1.165) is 15.4 Å². The van der Waals surface area contributed by atoms with Crippen LogP contribution in [-0.4, -0.2) is 104 Å². The zero-order chi connectivity index (χ0) is 37.6. The van der Waals surface area contributed by atoms with Gasteiger partial charge in [-0.3, -0.25) is 19.2 Å². The van der Waals surface area contributed by atoms with E-state index >= 15 is 0 Å². The third-order valence-electron chi connectivity index (χ3n) is 9.41. The number of Topliss-reactive ketones (excluding diaryl/α,β-unsaturated/α-hetero) is 2. The number of ketones is 2. The molecule has 1 fully saturated rings. The van der Waals surface area contributed by atoms with E-state index in [0.29, 0.717) is 45.1 Å². The molecule has 13 heteroatoms. The fourth-order valence-electron chi connectivity index (χ4n) is 6.43. The monoisotopic (exact) mass is 726 g/mol. The van der Waals surface area contributed by atoms with Gasteiger partial charge in [-0.15, -0.1) is 0 Å². The van der Waals surface area contributed by atoms with Gasteiger partial charge < -0.3 is 21.7 Å². The normalized spacial score (nSPS) is 16.4. The Morgan fingerprint density at radius 2 is 1.35 bits per heavy atom. The van der Waals surface area contributed by atoms with Gasteiger partial charge in [0.2, 0.25) is 11.8 Å². The zero-order valence-corrected chi connectivity index (χ0v) is 31.5. The Morgan fingerprint density at radius 3 is 1.88 bits per heavy atom. The maximum atomic E-state index is 14.0. The largest absolute Gasteiger partial charge is 0.346 e. The quantitative estimate of drug-likeness (QED) is 0.165. The van der Waals surface area contributed by atoms with Gasteiger partial charge in [-0.1, -0.05) is 80.9 Å². The average Bonchev–Trinajstić information content (AvgIpc) is 3.10. The molecule has 0 unspecified atom stereocenters. The van der Waals surface area contributed by atoms with Crippen molar-refractivity contribution < 1.29 is 27.6 Å². The highest BCUT2D eigenvalue weighted by Crippen LogP contribution is 2.23. The van der Waals surface area contributed by atoms with E-state index < -0.39 is 40.0 Å². The maximum Gasteiger partial charge on any atom is 0.281 e. The highest BCUT2D eigenvalue weighted by Gasteiger charge is 2.35. The second-order valence-electron chi connectivity index (χ2n) is 14.2. The first-order valence-electron chi connectivity index (χ1n) is 18.1. The van der Waals surface area contributed by atoms with Crippen molar-refractivity contribution in [1.29, 1.82) is 0 Å². The molecular weight excluding hydrogens is 669 g/mol. The molecule has 0 spiro atoms. The molecule has 3 rings (SSSR count). The highest BCUT2D eigenvalue weighted by molar-refractivity contribution is 7.86. The summed E-state index contributed by atoms with van der Waals surface area (Å²) in [5.74, 6) is -2.40. The van der Waals surface area contributed by atoms with Gasteiger partial charge in [-0.2, -0.15) is 17.0 Å². The molecule has 0 bridgehead atoms. The number of hydrogen-bond donors (Lipinski definition) is 3. The van der Waals surface area contributed by atoms with Crippen molar-refractivity contribution in [3.8, 4) is 0 Å². The topological polar surface area (TPSA) is 176 Å². The second kappa shape index (κ2) is 20.5. The van der Waals surface area contributed by atoms with Gasteiger partial charge in [-0.05, 0) is 55.7 Å². The van der Waals surface area contributed by atoms with Crippen LogP contribution in [0.15, 0.2) is 60.7 Å². The standard InChI is InChI=1S/C38H58N6O6S/c1-28(2)23-34(36(46)26-31(17-11-12-18-39)38(48)43-19-21-44(22-20-43)51(49,50)42(3)4)41-37(47)32(24-29-13-7-5-8-14-29)27-35(45)33(40)25-30-15-9-6-10-16-30/h5-10,13-16,28,31-34H,11-12,17-27,39-40H2,1-4H3,(H,41,47)/t31-,32-,33+,34+/m0/s1. The van der Waals surface area contributed by atoms with Crippen molar-refractivity contribution in [2.24, 2.45) is 29.2 Å². The molecule has 282 valence electrons. The lowest BCUT2D eigenvalue weighted by Gasteiger charge is -2.36. The number of carbonyl (C=O) groups excluding carboxylic acids is 4. The van der Waals surface area contributed by atoms with Crippen molar-refractivity contribution in [1.82, 2.24) is 18.8 Å². The van der Waals surface area contributed by atoms with Crippen molar-refractivity contribution in [2.75, 3.05) is 46.8 Å². The number of nitrogens with two attached hydrogens (primary N) is 2. The summed E-state index contributed by atoms with van der Waals surface area (Å²) < 4.78 is 27.7. The molecule has 5 N–H and O–H groups in total. The van der Waals surface area contributed by atoms with E-state index in [2.05, 4.69) is 5.32 Å². The Balaban J connectivity index is 1.76. The number of benzene rings is 2. The molecule has 4 atom stereocenters. The summed E-state index contributed by atoms with van der Waals surface area (Å²) in [4.78, 5) is 56.9. The maximum absolute atomic E-state index is 14.0. The SMILES string of the molecule is CC(C)C[C@@H](NC(=O)[C@H](CC(=O)[C@H](N)Cc1ccccc1)Cc1ccccc1)C(=O)C[C@H](CCCCN)C(=O)N1CCN(S(=O)(=O)N(C)C)CC1.